The van der Waals surface area contributed by atoms with Crippen LogP contribution in [0.4, 0.5) is 0 Å². The fourth-order valence-electron chi connectivity index (χ4n) is 3.69. The minimum atomic E-state index is -0.414. The van der Waals surface area contributed by atoms with Gasteiger partial charge in [-0.2, -0.15) is 0 Å². The molecule has 1 aliphatic carbocycles. The predicted molar refractivity (Wildman–Crippen MR) is 71.7 cm³/mol. The molecule has 1 heterocycles. The zero-order chi connectivity index (χ0) is 13.1. The topological polar surface area (TPSA) is 29.5 Å². The van der Waals surface area contributed by atoms with E-state index in [9.17, 15) is 5.11 Å². The summed E-state index contributed by atoms with van der Waals surface area (Å²) >= 11 is 0. The Morgan fingerprint density at radius 3 is 2.50 bits per heavy atom. The van der Waals surface area contributed by atoms with Gasteiger partial charge in [-0.25, -0.2) is 0 Å². The van der Waals surface area contributed by atoms with Crippen LogP contribution in [0.3, 0.4) is 0 Å². The van der Waals surface area contributed by atoms with E-state index in [0.29, 0.717) is 5.92 Å². The molecule has 0 spiro atoms. The average Bonchev–Trinajstić information content (AvgIpc) is 2.69. The Balaban J connectivity index is 1.96. The highest BCUT2D eigenvalue weighted by Gasteiger charge is 2.67. The SMILES string of the molecule is CC1(C)C(C(O)c2cccc3c2OCC3)C1(C)C. The molecular weight excluding hydrogens is 224 g/mol. The lowest BCUT2D eigenvalue weighted by atomic mass is 9.96. The standard InChI is InChI=1S/C16H22O2/c1-15(2)14(16(15,3)4)12(17)11-7-5-6-10-8-9-18-13(10)11/h5-7,12,14,17H,8-9H2,1-4H3. The van der Waals surface area contributed by atoms with Crippen LogP contribution < -0.4 is 4.74 Å². The molecule has 0 saturated heterocycles. The van der Waals surface area contributed by atoms with Crippen LogP contribution in [0.2, 0.25) is 0 Å². The molecule has 2 nitrogen and oxygen atoms in total. The molecule has 98 valence electrons. The van der Waals surface area contributed by atoms with Crippen LogP contribution >= 0.6 is 0 Å². The van der Waals surface area contributed by atoms with Gasteiger partial charge in [0, 0.05) is 17.9 Å². The van der Waals surface area contributed by atoms with E-state index in [0.717, 1.165) is 24.3 Å². The van der Waals surface area contributed by atoms with E-state index < -0.39 is 6.10 Å². The van der Waals surface area contributed by atoms with E-state index in [2.05, 4.69) is 33.8 Å². The van der Waals surface area contributed by atoms with Crippen LogP contribution in [0, 0.1) is 16.7 Å². The zero-order valence-corrected chi connectivity index (χ0v) is 11.7. The summed E-state index contributed by atoms with van der Waals surface area (Å²) < 4.78 is 5.70. The van der Waals surface area contributed by atoms with E-state index >= 15 is 0 Å². The van der Waals surface area contributed by atoms with E-state index in [1.807, 2.05) is 12.1 Å². The van der Waals surface area contributed by atoms with Gasteiger partial charge in [-0.1, -0.05) is 45.9 Å². The normalized spacial score (nSPS) is 25.4. The van der Waals surface area contributed by atoms with Crippen molar-refractivity contribution >= 4 is 0 Å². The van der Waals surface area contributed by atoms with E-state index in [-0.39, 0.29) is 10.8 Å². The summed E-state index contributed by atoms with van der Waals surface area (Å²) in [7, 11) is 0. The molecule has 1 atom stereocenters. The summed E-state index contributed by atoms with van der Waals surface area (Å²) in [4.78, 5) is 0. The van der Waals surface area contributed by atoms with Gasteiger partial charge < -0.3 is 9.84 Å². The Morgan fingerprint density at radius 2 is 1.89 bits per heavy atom. The van der Waals surface area contributed by atoms with Crippen molar-refractivity contribution < 1.29 is 9.84 Å². The Hall–Kier alpha value is -1.02. The molecule has 0 amide bonds. The van der Waals surface area contributed by atoms with Gasteiger partial charge in [0.1, 0.15) is 5.75 Å². The lowest BCUT2D eigenvalue weighted by Crippen LogP contribution is -2.07. The van der Waals surface area contributed by atoms with Crippen LogP contribution in [0.5, 0.6) is 5.75 Å². The van der Waals surface area contributed by atoms with Crippen molar-refractivity contribution in [2.24, 2.45) is 16.7 Å². The number of ether oxygens (including phenoxy) is 1. The van der Waals surface area contributed by atoms with Crippen molar-refractivity contribution in [1.82, 2.24) is 0 Å². The number of hydrogen-bond donors (Lipinski definition) is 1. The number of aliphatic hydroxyl groups excluding tert-OH is 1. The molecule has 0 bridgehead atoms. The molecule has 1 aromatic rings. The number of hydrogen-bond acceptors (Lipinski definition) is 2. The van der Waals surface area contributed by atoms with E-state index in [4.69, 9.17) is 4.74 Å². The first-order valence-corrected chi connectivity index (χ1v) is 6.80. The molecular formula is C16H22O2. The molecule has 1 aliphatic heterocycles. The van der Waals surface area contributed by atoms with Gasteiger partial charge in [-0.15, -0.1) is 0 Å². The summed E-state index contributed by atoms with van der Waals surface area (Å²) in [6.07, 6.45) is 0.552. The Morgan fingerprint density at radius 1 is 1.22 bits per heavy atom. The minimum absolute atomic E-state index is 0.188. The summed E-state index contributed by atoms with van der Waals surface area (Å²) in [6, 6.07) is 6.15. The van der Waals surface area contributed by atoms with Gasteiger partial charge in [-0.05, 0) is 16.4 Å². The summed E-state index contributed by atoms with van der Waals surface area (Å²) in [5.74, 6) is 1.24. The monoisotopic (exact) mass is 246 g/mol. The fraction of sp³-hybridized carbons (Fsp3) is 0.625. The maximum absolute atomic E-state index is 10.7. The Kier molecular flexibility index (Phi) is 2.34. The molecule has 2 heteroatoms. The first-order valence-electron chi connectivity index (χ1n) is 6.80. The third-order valence-electron chi connectivity index (χ3n) is 5.51. The Bertz CT molecular complexity index is 474. The van der Waals surface area contributed by atoms with Crippen LogP contribution in [0.1, 0.15) is 44.9 Å². The average molecular weight is 246 g/mol. The molecule has 2 aliphatic rings. The van der Waals surface area contributed by atoms with Crippen LogP contribution in [0.25, 0.3) is 0 Å². The van der Waals surface area contributed by atoms with Crippen LogP contribution in [-0.2, 0) is 6.42 Å². The number of para-hydroxylation sites is 1. The smallest absolute Gasteiger partial charge is 0.128 e. The summed E-state index contributed by atoms with van der Waals surface area (Å²) in [5.41, 5.74) is 2.60. The lowest BCUT2D eigenvalue weighted by molar-refractivity contribution is 0.127. The van der Waals surface area contributed by atoms with Gasteiger partial charge in [0.05, 0.1) is 12.7 Å². The van der Waals surface area contributed by atoms with Gasteiger partial charge in [0.2, 0.25) is 0 Å². The largest absolute Gasteiger partial charge is 0.493 e. The predicted octanol–water partition coefficient (Wildman–Crippen LogP) is 3.34. The summed E-state index contributed by atoms with van der Waals surface area (Å²) in [6.45, 7) is 9.71. The van der Waals surface area contributed by atoms with Crippen molar-refractivity contribution in [1.29, 1.82) is 0 Å². The second kappa shape index (κ2) is 3.51. The molecule has 0 radical (unpaired) electrons. The zero-order valence-electron chi connectivity index (χ0n) is 11.7. The summed E-state index contributed by atoms with van der Waals surface area (Å²) in [5, 5.41) is 10.7. The van der Waals surface area contributed by atoms with Crippen molar-refractivity contribution in [2.75, 3.05) is 6.61 Å². The third kappa shape index (κ3) is 1.38. The lowest BCUT2D eigenvalue weighted by Gasteiger charge is -2.16. The number of rotatable bonds is 2. The molecule has 1 aromatic carbocycles. The second-order valence-corrected chi connectivity index (χ2v) is 6.80. The van der Waals surface area contributed by atoms with Crippen molar-refractivity contribution in [3.63, 3.8) is 0 Å². The van der Waals surface area contributed by atoms with Crippen LogP contribution in [0.15, 0.2) is 18.2 Å². The van der Waals surface area contributed by atoms with Gasteiger partial charge >= 0.3 is 0 Å². The molecule has 18 heavy (non-hydrogen) atoms. The molecule has 0 aromatic heterocycles. The molecule has 1 saturated carbocycles. The maximum Gasteiger partial charge on any atom is 0.128 e. The highest BCUT2D eigenvalue weighted by Crippen LogP contribution is 2.72. The number of fused-ring (bicyclic) bond motifs is 1. The van der Waals surface area contributed by atoms with Gasteiger partial charge in [0.25, 0.3) is 0 Å². The highest BCUT2D eigenvalue weighted by molar-refractivity contribution is 5.46. The number of aliphatic hydroxyl groups is 1. The molecule has 3 rings (SSSR count). The quantitative estimate of drug-likeness (QED) is 0.867. The van der Waals surface area contributed by atoms with Crippen molar-refractivity contribution in [3.8, 4) is 5.75 Å². The van der Waals surface area contributed by atoms with Crippen molar-refractivity contribution in [3.05, 3.63) is 29.3 Å². The highest BCUT2D eigenvalue weighted by atomic mass is 16.5. The first-order chi connectivity index (χ1) is 8.37. The van der Waals surface area contributed by atoms with E-state index in [1.165, 1.54) is 5.56 Å². The number of benzene rings is 1. The Labute approximate surface area is 109 Å². The second-order valence-electron chi connectivity index (χ2n) is 6.80. The van der Waals surface area contributed by atoms with E-state index in [1.54, 1.807) is 0 Å². The molecule has 1 unspecified atom stereocenters. The minimum Gasteiger partial charge on any atom is -0.493 e. The van der Waals surface area contributed by atoms with Crippen LogP contribution in [-0.4, -0.2) is 11.7 Å². The van der Waals surface area contributed by atoms with Gasteiger partial charge in [-0.3, -0.25) is 0 Å². The fourth-order valence-corrected chi connectivity index (χ4v) is 3.69. The van der Waals surface area contributed by atoms with Gasteiger partial charge in [0.15, 0.2) is 0 Å². The first kappa shape index (κ1) is 12.0. The third-order valence-corrected chi connectivity index (χ3v) is 5.51. The van der Waals surface area contributed by atoms with Crippen molar-refractivity contribution in [2.45, 2.75) is 40.2 Å². The molecule has 1 fully saturated rings. The molecule has 1 N–H and O–H groups in total. The maximum atomic E-state index is 10.7.